The van der Waals surface area contributed by atoms with Crippen LogP contribution in [0.1, 0.15) is 33.0 Å². The average molecular weight is 210 g/mol. The lowest BCUT2D eigenvalue weighted by molar-refractivity contribution is 0.185. The summed E-state index contributed by atoms with van der Waals surface area (Å²) >= 11 is 0. The van der Waals surface area contributed by atoms with E-state index in [-0.39, 0.29) is 11.7 Å². The van der Waals surface area contributed by atoms with E-state index in [4.69, 9.17) is 4.74 Å². The average Bonchev–Trinajstić information content (AvgIpc) is 1.98. The Morgan fingerprint density at radius 3 is 2.67 bits per heavy atom. The van der Waals surface area contributed by atoms with Crippen molar-refractivity contribution in [3.8, 4) is 5.88 Å². The molecule has 1 unspecified atom stereocenters. The fraction of sp³-hybridized carbons (Fsp3) is 0.636. The van der Waals surface area contributed by atoms with Crippen molar-refractivity contribution < 1.29 is 4.74 Å². The zero-order valence-electron chi connectivity index (χ0n) is 9.70. The van der Waals surface area contributed by atoms with Crippen molar-refractivity contribution in [2.75, 3.05) is 0 Å². The Labute approximate surface area is 89.7 Å². The Morgan fingerprint density at radius 1 is 1.47 bits per heavy atom. The molecule has 0 fully saturated rings. The Kier molecular flexibility index (Phi) is 3.88. The molecule has 0 aromatic carbocycles. The fourth-order valence-corrected chi connectivity index (χ4v) is 1.53. The molecule has 4 nitrogen and oxygen atoms in total. The third-order valence-corrected chi connectivity index (χ3v) is 1.96. The number of aromatic amines is 1. The molecule has 1 N–H and O–H groups in total. The molecule has 0 radical (unpaired) electrons. The predicted octanol–water partition coefficient (Wildman–Crippen LogP) is 1.89. The van der Waals surface area contributed by atoms with Gasteiger partial charge in [0.25, 0.3) is 5.56 Å². The highest BCUT2D eigenvalue weighted by atomic mass is 16.5. The molecule has 0 aliphatic rings. The standard InChI is InChI=1S/C11H18N2O2/c1-7(2)5-8(3)15-11-6-10(14)12-9(4)13-11/h6-8H,5H2,1-4H3,(H,12,13,14). The Morgan fingerprint density at radius 2 is 2.13 bits per heavy atom. The lowest BCUT2D eigenvalue weighted by atomic mass is 10.1. The summed E-state index contributed by atoms with van der Waals surface area (Å²) in [6.07, 6.45) is 1.03. The molecule has 0 aliphatic carbocycles. The van der Waals surface area contributed by atoms with E-state index >= 15 is 0 Å². The van der Waals surface area contributed by atoms with Crippen LogP contribution in [0.4, 0.5) is 0 Å². The summed E-state index contributed by atoms with van der Waals surface area (Å²) < 4.78 is 5.56. The molecule has 0 saturated carbocycles. The van der Waals surface area contributed by atoms with Crippen molar-refractivity contribution in [1.29, 1.82) is 0 Å². The predicted molar refractivity (Wildman–Crippen MR) is 59.1 cm³/mol. The summed E-state index contributed by atoms with van der Waals surface area (Å²) in [5.74, 6) is 1.56. The molecule has 0 saturated heterocycles. The largest absolute Gasteiger partial charge is 0.474 e. The first-order valence-electron chi connectivity index (χ1n) is 5.22. The summed E-state index contributed by atoms with van der Waals surface area (Å²) in [5, 5.41) is 0. The minimum atomic E-state index is -0.172. The number of aryl methyl sites for hydroxylation is 1. The van der Waals surface area contributed by atoms with Crippen molar-refractivity contribution in [3.05, 3.63) is 22.2 Å². The molecule has 84 valence electrons. The summed E-state index contributed by atoms with van der Waals surface area (Å²) in [4.78, 5) is 17.8. The van der Waals surface area contributed by atoms with E-state index in [2.05, 4.69) is 23.8 Å². The van der Waals surface area contributed by atoms with Crippen LogP contribution in [-0.2, 0) is 0 Å². The zero-order chi connectivity index (χ0) is 11.4. The third-order valence-electron chi connectivity index (χ3n) is 1.96. The van der Waals surface area contributed by atoms with E-state index in [1.54, 1.807) is 6.92 Å². The smallest absolute Gasteiger partial charge is 0.254 e. The topological polar surface area (TPSA) is 55.0 Å². The van der Waals surface area contributed by atoms with Gasteiger partial charge in [-0.15, -0.1) is 0 Å². The second-order valence-electron chi connectivity index (χ2n) is 4.23. The van der Waals surface area contributed by atoms with Crippen molar-refractivity contribution in [2.24, 2.45) is 5.92 Å². The number of hydrogen-bond donors (Lipinski definition) is 1. The highest BCUT2D eigenvalue weighted by Gasteiger charge is 2.08. The molecule has 1 atom stereocenters. The van der Waals surface area contributed by atoms with E-state index < -0.39 is 0 Å². The lowest BCUT2D eigenvalue weighted by Gasteiger charge is -2.15. The van der Waals surface area contributed by atoms with Gasteiger partial charge in [-0.05, 0) is 26.2 Å². The summed E-state index contributed by atoms with van der Waals surface area (Å²) in [7, 11) is 0. The number of nitrogens with zero attached hydrogens (tertiary/aromatic N) is 1. The van der Waals surface area contributed by atoms with E-state index in [0.717, 1.165) is 6.42 Å². The van der Waals surface area contributed by atoms with Gasteiger partial charge in [-0.3, -0.25) is 4.79 Å². The van der Waals surface area contributed by atoms with Crippen molar-refractivity contribution in [3.63, 3.8) is 0 Å². The SMILES string of the molecule is Cc1nc(OC(C)CC(C)C)cc(=O)[nH]1. The molecule has 0 bridgehead atoms. The van der Waals surface area contributed by atoms with Crippen LogP contribution in [0.15, 0.2) is 10.9 Å². The summed E-state index contributed by atoms with van der Waals surface area (Å²) in [5.41, 5.74) is -0.172. The number of ether oxygens (including phenoxy) is 1. The van der Waals surface area contributed by atoms with Gasteiger partial charge in [0.05, 0.1) is 12.2 Å². The second kappa shape index (κ2) is 4.96. The van der Waals surface area contributed by atoms with Gasteiger partial charge in [0.2, 0.25) is 5.88 Å². The lowest BCUT2D eigenvalue weighted by Crippen LogP contribution is -2.17. The number of rotatable bonds is 4. The van der Waals surface area contributed by atoms with Crippen LogP contribution >= 0.6 is 0 Å². The maximum atomic E-state index is 11.1. The van der Waals surface area contributed by atoms with Crippen LogP contribution in [0.25, 0.3) is 0 Å². The van der Waals surface area contributed by atoms with Crippen molar-refractivity contribution >= 4 is 0 Å². The van der Waals surface area contributed by atoms with Crippen molar-refractivity contribution in [2.45, 2.75) is 40.2 Å². The van der Waals surface area contributed by atoms with E-state index in [0.29, 0.717) is 17.6 Å². The molecule has 0 amide bonds. The molecule has 1 heterocycles. The maximum Gasteiger partial charge on any atom is 0.254 e. The second-order valence-corrected chi connectivity index (χ2v) is 4.23. The number of nitrogens with one attached hydrogen (secondary N) is 1. The van der Waals surface area contributed by atoms with Gasteiger partial charge < -0.3 is 9.72 Å². The molecular weight excluding hydrogens is 192 g/mol. The van der Waals surface area contributed by atoms with Crippen LogP contribution in [0.2, 0.25) is 0 Å². The molecule has 0 aliphatic heterocycles. The number of hydrogen-bond acceptors (Lipinski definition) is 3. The number of aromatic nitrogens is 2. The molecule has 4 heteroatoms. The Bertz CT molecular complexity index is 371. The van der Waals surface area contributed by atoms with Crippen molar-refractivity contribution in [1.82, 2.24) is 9.97 Å². The van der Waals surface area contributed by atoms with Crippen LogP contribution in [0.5, 0.6) is 5.88 Å². The normalized spacial score (nSPS) is 12.9. The highest BCUT2D eigenvalue weighted by molar-refractivity contribution is 5.08. The molecule has 0 spiro atoms. The first kappa shape index (κ1) is 11.8. The molecule has 1 aromatic rings. The van der Waals surface area contributed by atoms with Gasteiger partial charge in [-0.2, -0.15) is 0 Å². The van der Waals surface area contributed by atoms with Gasteiger partial charge in [-0.1, -0.05) is 13.8 Å². The first-order valence-corrected chi connectivity index (χ1v) is 5.22. The molecule has 1 aromatic heterocycles. The third kappa shape index (κ3) is 4.14. The monoisotopic (exact) mass is 210 g/mol. The molecular formula is C11H18N2O2. The van der Waals surface area contributed by atoms with Crippen LogP contribution in [-0.4, -0.2) is 16.1 Å². The van der Waals surface area contributed by atoms with Gasteiger partial charge in [0.1, 0.15) is 5.82 Å². The number of H-pyrrole nitrogens is 1. The van der Waals surface area contributed by atoms with Crippen LogP contribution < -0.4 is 10.3 Å². The fourth-order valence-electron chi connectivity index (χ4n) is 1.53. The van der Waals surface area contributed by atoms with E-state index in [9.17, 15) is 4.79 Å². The minimum Gasteiger partial charge on any atom is -0.474 e. The van der Waals surface area contributed by atoms with E-state index in [1.165, 1.54) is 6.07 Å². The quantitative estimate of drug-likeness (QED) is 0.825. The van der Waals surface area contributed by atoms with Gasteiger partial charge in [-0.25, -0.2) is 4.98 Å². The summed E-state index contributed by atoms with van der Waals surface area (Å²) in [6.45, 7) is 7.99. The highest BCUT2D eigenvalue weighted by Crippen LogP contribution is 2.11. The van der Waals surface area contributed by atoms with Gasteiger partial charge in [0.15, 0.2) is 0 Å². The van der Waals surface area contributed by atoms with Gasteiger partial charge in [0, 0.05) is 0 Å². The van der Waals surface area contributed by atoms with Crippen LogP contribution in [0, 0.1) is 12.8 Å². The molecule has 1 rings (SSSR count). The summed E-state index contributed by atoms with van der Waals surface area (Å²) in [6, 6.07) is 1.38. The Balaban J connectivity index is 2.68. The maximum absolute atomic E-state index is 11.1. The van der Waals surface area contributed by atoms with E-state index in [1.807, 2.05) is 6.92 Å². The molecule has 15 heavy (non-hydrogen) atoms. The Hall–Kier alpha value is -1.32. The first-order chi connectivity index (χ1) is 6.97. The van der Waals surface area contributed by atoms with Crippen LogP contribution in [0.3, 0.4) is 0 Å². The van der Waals surface area contributed by atoms with Gasteiger partial charge >= 0.3 is 0 Å². The zero-order valence-corrected chi connectivity index (χ0v) is 9.70. The minimum absolute atomic E-state index is 0.0821.